The summed E-state index contributed by atoms with van der Waals surface area (Å²) in [5.41, 5.74) is 0.289. The summed E-state index contributed by atoms with van der Waals surface area (Å²) in [4.78, 5) is 2.65. The molecule has 1 aliphatic rings. The summed E-state index contributed by atoms with van der Waals surface area (Å²) in [7, 11) is 1.81. The average molecular weight is 213 g/mol. The van der Waals surface area contributed by atoms with E-state index in [0.29, 0.717) is 0 Å². The molecular formula is C13H27NO. The van der Waals surface area contributed by atoms with Crippen LogP contribution in [0.25, 0.3) is 0 Å². The summed E-state index contributed by atoms with van der Waals surface area (Å²) < 4.78 is 5.29. The summed E-state index contributed by atoms with van der Waals surface area (Å²) >= 11 is 0. The van der Waals surface area contributed by atoms with Gasteiger partial charge in [-0.1, -0.05) is 13.8 Å². The van der Waals surface area contributed by atoms with Gasteiger partial charge in [0.15, 0.2) is 0 Å². The zero-order valence-corrected chi connectivity index (χ0v) is 11.2. The molecule has 2 heteroatoms. The van der Waals surface area contributed by atoms with E-state index in [0.717, 1.165) is 24.5 Å². The van der Waals surface area contributed by atoms with Crippen molar-refractivity contribution in [2.75, 3.05) is 20.3 Å². The number of ether oxygens (including phenoxy) is 1. The molecule has 1 heterocycles. The summed E-state index contributed by atoms with van der Waals surface area (Å²) in [5.74, 6) is 1.47. The van der Waals surface area contributed by atoms with E-state index in [1.807, 2.05) is 7.11 Å². The molecule has 0 N–H and O–H groups in total. The van der Waals surface area contributed by atoms with Crippen molar-refractivity contribution >= 4 is 0 Å². The van der Waals surface area contributed by atoms with Gasteiger partial charge in [0.25, 0.3) is 0 Å². The second-order valence-electron chi connectivity index (χ2n) is 6.19. The summed E-state index contributed by atoms with van der Waals surface area (Å²) in [6, 6.07) is 0.727. The molecule has 1 unspecified atom stereocenters. The maximum Gasteiger partial charge on any atom is 0.0503 e. The van der Waals surface area contributed by atoms with E-state index >= 15 is 0 Å². The maximum atomic E-state index is 5.29. The fourth-order valence-electron chi connectivity index (χ4n) is 2.72. The third kappa shape index (κ3) is 3.18. The third-order valence-corrected chi connectivity index (χ3v) is 3.46. The van der Waals surface area contributed by atoms with Crippen molar-refractivity contribution in [3.05, 3.63) is 0 Å². The molecule has 0 aromatic heterocycles. The van der Waals surface area contributed by atoms with Crippen molar-refractivity contribution in [1.29, 1.82) is 0 Å². The van der Waals surface area contributed by atoms with E-state index in [-0.39, 0.29) is 5.54 Å². The Morgan fingerprint density at radius 3 is 2.27 bits per heavy atom. The predicted octanol–water partition coefficient (Wildman–Crippen LogP) is 2.78. The van der Waals surface area contributed by atoms with Crippen molar-refractivity contribution in [3.63, 3.8) is 0 Å². The zero-order chi connectivity index (χ0) is 11.6. The predicted molar refractivity (Wildman–Crippen MR) is 65.1 cm³/mol. The van der Waals surface area contributed by atoms with E-state index in [1.54, 1.807) is 0 Å². The van der Waals surface area contributed by atoms with Gasteiger partial charge in [0.05, 0.1) is 6.61 Å². The molecule has 0 aromatic carbocycles. The first kappa shape index (κ1) is 13.0. The van der Waals surface area contributed by atoms with Gasteiger partial charge >= 0.3 is 0 Å². The van der Waals surface area contributed by atoms with E-state index in [4.69, 9.17) is 4.74 Å². The van der Waals surface area contributed by atoms with Crippen LogP contribution in [0.4, 0.5) is 0 Å². The molecule has 0 spiro atoms. The molecule has 1 fully saturated rings. The Labute approximate surface area is 95.0 Å². The third-order valence-electron chi connectivity index (χ3n) is 3.46. The molecular weight excluding hydrogens is 186 g/mol. The Kier molecular flexibility index (Phi) is 4.19. The Bertz CT molecular complexity index is 195. The second kappa shape index (κ2) is 4.84. The van der Waals surface area contributed by atoms with E-state index in [1.165, 1.54) is 13.0 Å². The second-order valence-corrected chi connectivity index (χ2v) is 6.19. The number of likely N-dealkylation sites (tertiary alicyclic amines) is 1. The van der Waals surface area contributed by atoms with Crippen LogP contribution in [0.5, 0.6) is 0 Å². The topological polar surface area (TPSA) is 12.5 Å². The van der Waals surface area contributed by atoms with Gasteiger partial charge in [-0.05, 0) is 39.0 Å². The Hall–Kier alpha value is -0.0800. The smallest absolute Gasteiger partial charge is 0.0503 e. The fraction of sp³-hybridized carbons (Fsp3) is 1.00. The van der Waals surface area contributed by atoms with Crippen LogP contribution in [-0.2, 0) is 4.74 Å². The number of nitrogens with zero attached hydrogens (tertiary/aromatic N) is 1. The van der Waals surface area contributed by atoms with Gasteiger partial charge < -0.3 is 4.74 Å². The summed E-state index contributed by atoms with van der Waals surface area (Å²) in [5, 5.41) is 0. The van der Waals surface area contributed by atoms with Crippen LogP contribution in [0.3, 0.4) is 0 Å². The van der Waals surface area contributed by atoms with Crippen LogP contribution in [0.1, 0.15) is 41.0 Å². The van der Waals surface area contributed by atoms with E-state index < -0.39 is 0 Å². The molecule has 2 atom stereocenters. The molecule has 0 bridgehead atoms. The molecule has 1 rings (SSSR count). The van der Waals surface area contributed by atoms with Gasteiger partial charge in [0.1, 0.15) is 0 Å². The molecule has 0 aliphatic carbocycles. The van der Waals surface area contributed by atoms with Crippen LogP contribution >= 0.6 is 0 Å². The first-order valence-electron chi connectivity index (χ1n) is 6.12. The van der Waals surface area contributed by atoms with Crippen LogP contribution in [0.15, 0.2) is 0 Å². The highest BCUT2D eigenvalue weighted by Gasteiger charge is 2.39. The Morgan fingerprint density at radius 2 is 1.93 bits per heavy atom. The van der Waals surface area contributed by atoms with Crippen LogP contribution in [0.2, 0.25) is 0 Å². The van der Waals surface area contributed by atoms with Crippen molar-refractivity contribution in [3.8, 4) is 0 Å². The Morgan fingerprint density at radius 1 is 1.33 bits per heavy atom. The molecule has 0 amide bonds. The molecule has 0 aromatic rings. The number of hydrogen-bond donors (Lipinski definition) is 0. The lowest BCUT2D eigenvalue weighted by Gasteiger charge is -2.38. The number of methoxy groups -OCH3 is 1. The highest BCUT2D eigenvalue weighted by Crippen LogP contribution is 2.33. The minimum absolute atomic E-state index is 0.289. The highest BCUT2D eigenvalue weighted by atomic mass is 16.5. The van der Waals surface area contributed by atoms with Crippen LogP contribution < -0.4 is 0 Å². The lowest BCUT2D eigenvalue weighted by Crippen LogP contribution is -2.46. The van der Waals surface area contributed by atoms with E-state index in [2.05, 4.69) is 39.5 Å². The molecule has 90 valence electrons. The number of rotatable bonds is 3. The van der Waals surface area contributed by atoms with Crippen molar-refractivity contribution < 1.29 is 4.74 Å². The van der Waals surface area contributed by atoms with Gasteiger partial charge in [-0.25, -0.2) is 0 Å². The lowest BCUT2D eigenvalue weighted by molar-refractivity contribution is 0.0893. The zero-order valence-electron chi connectivity index (χ0n) is 11.2. The van der Waals surface area contributed by atoms with Gasteiger partial charge in [0, 0.05) is 25.2 Å². The first-order chi connectivity index (χ1) is 6.86. The minimum Gasteiger partial charge on any atom is -0.384 e. The van der Waals surface area contributed by atoms with Gasteiger partial charge in [0.2, 0.25) is 0 Å². The van der Waals surface area contributed by atoms with Gasteiger partial charge in [-0.15, -0.1) is 0 Å². The standard InChI is InChI=1S/C13H27NO/c1-10(2)12-7-11(9-15-6)8-14(12)13(3,4)5/h10-12H,7-9H2,1-6H3/t11?,12-/m0/s1. The van der Waals surface area contributed by atoms with Gasteiger partial charge in [-0.2, -0.15) is 0 Å². The fourth-order valence-corrected chi connectivity index (χ4v) is 2.72. The van der Waals surface area contributed by atoms with Gasteiger partial charge in [-0.3, -0.25) is 4.90 Å². The summed E-state index contributed by atoms with van der Waals surface area (Å²) in [6.45, 7) is 13.7. The Balaban J connectivity index is 2.68. The normalized spacial score (nSPS) is 29.0. The quantitative estimate of drug-likeness (QED) is 0.715. The van der Waals surface area contributed by atoms with Crippen LogP contribution in [-0.4, -0.2) is 36.7 Å². The molecule has 0 radical (unpaired) electrons. The number of hydrogen-bond acceptors (Lipinski definition) is 2. The SMILES string of the molecule is COCC1C[C@@H](C(C)C)N(C(C)(C)C)C1. The monoisotopic (exact) mass is 213 g/mol. The average Bonchev–Trinajstić information content (AvgIpc) is 2.48. The molecule has 0 saturated carbocycles. The highest BCUT2D eigenvalue weighted by molar-refractivity contribution is 4.93. The maximum absolute atomic E-state index is 5.29. The summed E-state index contributed by atoms with van der Waals surface area (Å²) in [6.07, 6.45) is 1.29. The molecule has 1 aliphatic heterocycles. The van der Waals surface area contributed by atoms with E-state index in [9.17, 15) is 0 Å². The first-order valence-corrected chi connectivity index (χ1v) is 6.12. The van der Waals surface area contributed by atoms with Crippen molar-refractivity contribution in [2.45, 2.75) is 52.6 Å². The van der Waals surface area contributed by atoms with Crippen LogP contribution in [0, 0.1) is 11.8 Å². The lowest BCUT2D eigenvalue weighted by atomic mass is 9.95. The molecule has 1 saturated heterocycles. The minimum atomic E-state index is 0.289. The van der Waals surface area contributed by atoms with Crippen molar-refractivity contribution in [1.82, 2.24) is 4.90 Å². The largest absolute Gasteiger partial charge is 0.384 e. The van der Waals surface area contributed by atoms with Crippen molar-refractivity contribution in [2.24, 2.45) is 11.8 Å². The molecule has 2 nitrogen and oxygen atoms in total. The molecule has 15 heavy (non-hydrogen) atoms.